The molecule has 0 unspecified atom stereocenters. The molecule has 1 atom stereocenters. The number of aryl methyl sites for hydroxylation is 1. The zero-order chi connectivity index (χ0) is 22.7. The molecular formula is C24H27N3O5. The minimum atomic E-state index is -1.15. The summed E-state index contributed by atoms with van der Waals surface area (Å²) in [6.07, 6.45) is 3.50. The molecule has 4 amide bonds. The summed E-state index contributed by atoms with van der Waals surface area (Å²) in [5, 5.41) is 5.48. The Morgan fingerprint density at radius 2 is 1.81 bits per heavy atom. The van der Waals surface area contributed by atoms with Crippen molar-refractivity contribution in [2.75, 3.05) is 18.7 Å². The lowest BCUT2D eigenvalue weighted by molar-refractivity contribution is -0.133. The molecule has 2 aromatic rings. The molecule has 168 valence electrons. The second-order valence-corrected chi connectivity index (χ2v) is 8.37. The van der Waals surface area contributed by atoms with Crippen LogP contribution in [0.25, 0.3) is 0 Å². The van der Waals surface area contributed by atoms with Gasteiger partial charge in [0, 0.05) is 12.1 Å². The zero-order valence-corrected chi connectivity index (χ0v) is 18.3. The Kier molecular flexibility index (Phi) is 6.03. The van der Waals surface area contributed by atoms with Crippen molar-refractivity contribution >= 4 is 23.5 Å². The van der Waals surface area contributed by atoms with Gasteiger partial charge in [-0.1, -0.05) is 31.5 Å². The number of nitrogens with zero attached hydrogens (tertiary/aromatic N) is 1. The van der Waals surface area contributed by atoms with Crippen LogP contribution in [-0.4, -0.2) is 41.6 Å². The molecule has 4 rings (SSSR count). The average Bonchev–Trinajstić information content (AvgIpc) is 3.31. The monoisotopic (exact) mass is 437 g/mol. The van der Waals surface area contributed by atoms with Crippen LogP contribution in [-0.2, 0) is 22.4 Å². The number of anilines is 1. The van der Waals surface area contributed by atoms with Crippen molar-refractivity contribution in [2.45, 2.75) is 45.1 Å². The average molecular weight is 437 g/mol. The van der Waals surface area contributed by atoms with Crippen LogP contribution >= 0.6 is 0 Å². The van der Waals surface area contributed by atoms with E-state index in [1.165, 1.54) is 5.56 Å². The normalized spacial score (nSPS) is 19.2. The van der Waals surface area contributed by atoms with E-state index in [9.17, 15) is 14.4 Å². The van der Waals surface area contributed by atoms with Gasteiger partial charge in [-0.15, -0.1) is 0 Å². The second-order valence-electron chi connectivity index (χ2n) is 8.37. The van der Waals surface area contributed by atoms with E-state index in [4.69, 9.17) is 9.47 Å². The van der Waals surface area contributed by atoms with Gasteiger partial charge >= 0.3 is 6.03 Å². The fraction of sp³-hybridized carbons (Fsp3) is 0.375. The summed E-state index contributed by atoms with van der Waals surface area (Å²) in [4.78, 5) is 39.0. The summed E-state index contributed by atoms with van der Waals surface area (Å²) in [5.41, 5.74) is 1.51. The Labute approximate surface area is 186 Å². The standard InChI is InChI=1S/C24H27N3O5/c1-3-4-5-16-6-9-18(10-7-16)25-21(28)14-27-22(29)24(2,26-23(27)30)13-17-8-11-19-20(12-17)32-15-31-19/h6-12H,3-5,13-15H2,1-2H3,(H,25,28)(H,26,30)/t24-/m1/s1. The summed E-state index contributed by atoms with van der Waals surface area (Å²) in [6.45, 7) is 3.62. The second kappa shape index (κ2) is 8.90. The maximum absolute atomic E-state index is 13.0. The Bertz CT molecular complexity index is 1040. The summed E-state index contributed by atoms with van der Waals surface area (Å²) in [6, 6.07) is 12.4. The van der Waals surface area contributed by atoms with Gasteiger partial charge in [0.15, 0.2) is 11.5 Å². The number of ether oxygens (including phenoxy) is 2. The van der Waals surface area contributed by atoms with Crippen molar-refractivity contribution in [1.82, 2.24) is 10.2 Å². The number of nitrogens with one attached hydrogen (secondary N) is 2. The highest BCUT2D eigenvalue weighted by molar-refractivity contribution is 6.10. The first kappa shape index (κ1) is 21.7. The van der Waals surface area contributed by atoms with E-state index in [2.05, 4.69) is 17.6 Å². The largest absolute Gasteiger partial charge is 0.454 e. The van der Waals surface area contributed by atoms with Gasteiger partial charge in [-0.05, 0) is 55.2 Å². The van der Waals surface area contributed by atoms with Gasteiger partial charge in [0.2, 0.25) is 12.7 Å². The van der Waals surface area contributed by atoms with E-state index in [-0.39, 0.29) is 19.8 Å². The molecule has 1 saturated heterocycles. The fourth-order valence-corrected chi connectivity index (χ4v) is 3.95. The number of fused-ring (bicyclic) bond motifs is 1. The molecule has 1 fully saturated rings. The van der Waals surface area contributed by atoms with Crippen LogP contribution in [0.3, 0.4) is 0 Å². The summed E-state index contributed by atoms with van der Waals surface area (Å²) in [5.74, 6) is 0.393. The van der Waals surface area contributed by atoms with E-state index < -0.39 is 23.4 Å². The molecule has 2 N–H and O–H groups in total. The lowest BCUT2D eigenvalue weighted by Gasteiger charge is -2.22. The molecule has 2 aliphatic heterocycles. The third-order valence-electron chi connectivity index (χ3n) is 5.70. The summed E-state index contributed by atoms with van der Waals surface area (Å²) in [7, 11) is 0. The summed E-state index contributed by atoms with van der Waals surface area (Å²) < 4.78 is 10.7. The molecule has 0 saturated carbocycles. The predicted octanol–water partition coefficient (Wildman–Crippen LogP) is 3.25. The third kappa shape index (κ3) is 4.54. The van der Waals surface area contributed by atoms with Crippen LogP contribution < -0.4 is 20.1 Å². The van der Waals surface area contributed by atoms with Gasteiger partial charge in [0.1, 0.15) is 12.1 Å². The van der Waals surface area contributed by atoms with Crippen molar-refractivity contribution in [3.63, 3.8) is 0 Å². The summed E-state index contributed by atoms with van der Waals surface area (Å²) >= 11 is 0. The number of benzene rings is 2. The van der Waals surface area contributed by atoms with E-state index in [1.807, 2.05) is 30.3 Å². The Balaban J connectivity index is 1.37. The molecule has 0 aliphatic carbocycles. The van der Waals surface area contributed by atoms with Crippen LogP contribution in [0.4, 0.5) is 10.5 Å². The molecule has 8 nitrogen and oxygen atoms in total. The van der Waals surface area contributed by atoms with Crippen LogP contribution in [0.1, 0.15) is 37.8 Å². The number of hydrogen-bond acceptors (Lipinski definition) is 5. The molecule has 0 radical (unpaired) electrons. The van der Waals surface area contributed by atoms with Gasteiger partial charge < -0.3 is 20.1 Å². The molecule has 2 heterocycles. The number of amides is 4. The van der Waals surface area contributed by atoms with Crippen molar-refractivity contribution in [3.8, 4) is 11.5 Å². The van der Waals surface area contributed by atoms with E-state index >= 15 is 0 Å². The minimum absolute atomic E-state index is 0.163. The van der Waals surface area contributed by atoms with Gasteiger partial charge in [0.25, 0.3) is 5.91 Å². The Hall–Kier alpha value is -3.55. The first-order chi connectivity index (χ1) is 15.4. The highest BCUT2D eigenvalue weighted by atomic mass is 16.7. The molecule has 0 spiro atoms. The van der Waals surface area contributed by atoms with Crippen LogP contribution in [0.5, 0.6) is 11.5 Å². The highest BCUT2D eigenvalue weighted by Gasteiger charge is 2.48. The number of carbonyl (C=O) groups is 3. The quantitative estimate of drug-likeness (QED) is 0.618. The van der Waals surface area contributed by atoms with Gasteiger partial charge in [-0.2, -0.15) is 0 Å². The highest BCUT2D eigenvalue weighted by Crippen LogP contribution is 2.34. The van der Waals surface area contributed by atoms with E-state index in [0.717, 1.165) is 29.7 Å². The lowest BCUT2D eigenvalue weighted by atomic mass is 9.92. The molecule has 2 aromatic carbocycles. The van der Waals surface area contributed by atoms with Crippen LogP contribution in [0.2, 0.25) is 0 Å². The fourth-order valence-electron chi connectivity index (χ4n) is 3.95. The number of urea groups is 1. The van der Waals surface area contributed by atoms with Crippen molar-refractivity contribution in [3.05, 3.63) is 53.6 Å². The van der Waals surface area contributed by atoms with E-state index in [0.29, 0.717) is 17.2 Å². The van der Waals surface area contributed by atoms with E-state index in [1.54, 1.807) is 19.1 Å². The molecule has 8 heteroatoms. The Morgan fingerprint density at radius 3 is 2.56 bits per heavy atom. The molecule has 0 aromatic heterocycles. The molecular weight excluding hydrogens is 410 g/mol. The zero-order valence-electron chi connectivity index (χ0n) is 18.3. The Morgan fingerprint density at radius 1 is 1.09 bits per heavy atom. The maximum Gasteiger partial charge on any atom is 0.325 e. The number of hydrogen-bond donors (Lipinski definition) is 2. The molecule has 2 aliphatic rings. The number of unbranched alkanes of at least 4 members (excludes halogenated alkanes) is 1. The van der Waals surface area contributed by atoms with Gasteiger partial charge in [-0.3, -0.25) is 14.5 Å². The van der Waals surface area contributed by atoms with Crippen molar-refractivity contribution < 1.29 is 23.9 Å². The molecule has 0 bridgehead atoms. The SMILES string of the molecule is CCCCc1ccc(NC(=O)CN2C(=O)N[C@](C)(Cc3ccc4c(c3)OCO4)C2=O)cc1. The number of carbonyl (C=O) groups excluding carboxylic acids is 3. The van der Waals surface area contributed by atoms with Crippen molar-refractivity contribution in [1.29, 1.82) is 0 Å². The van der Waals surface area contributed by atoms with Gasteiger partial charge in [-0.25, -0.2) is 4.79 Å². The number of rotatable bonds is 8. The van der Waals surface area contributed by atoms with Gasteiger partial charge in [0.05, 0.1) is 0 Å². The first-order valence-corrected chi connectivity index (χ1v) is 10.8. The minimum Gasteiger partial charge on any atom is -0.454 e. The first-order valence-electron chi connectivity index (χ1n) is 10.8. The third-order valence-corrected chi connectivity index (χ3v) is 5.70. The predicted molar refractivity (Wildman–Crippen MR) is 119 cm³/mol. The van der Waals surface area contributed by atoms with Crippen LogP contribution in [0.15, 0.2) is 42.5 Å². The molecule has 32 heavy (non-hydrogen) atoms. The van der Waals surface area contributed by atoms with Crippen molar-refractivity contribution in [2.24, 2.45) is 0 Å². The smallest absolute Gasteiger partial charge is 0.325 e. The number of imide groups is 1. The lowest BCUT2D eigenvalue weighted by Crippen LogP contribution is -2.46. The topological polar surface area (TPSA) is 97.0 Å². The van der Waals surface area contributed by atoms with Crippen LogP contribution in [0, 0.1) is 0 Å². The maximum atomic E-state index is 13.0.